The fraction of sp³-hybridized carbons (Fsp3) is 0.231. The van der Waals surface area contributed by atoms with Gasteiger partial charge in [-0.1, -0.05) is 11.6 Å². The molecule has 0 aliphatic carbocycles. The molecule has 0 fully saturated rings. The summed E-state index contributed by atoms with van der Waals surface area (Å²) in [7, 11) is 0. The summed E-state index contributed by atoms with van der Waals surface area (Å²) < 4.78 is 5.21. The van der Waals surface area contributed by atoms with Gasteiger partial charge in [-0.2, -0.15) is 5.10 Å². The van der Waals surface area contributed by atoms with Crippen LogP contribution in [-0.2, 0) is 4.79 Å². The van der Waals surface area contributed by atoms with Crippen molar-refractivity contribution >= 4 is 29.1 Å². The third-order valence-corrected chi connectivity index (χ3v) is 2.82. The van der Waals surface area contributed by atoms with E-state index in [2.05, 4.69) is 25.8 Å². The van der Waals surface area contributed by atoms with Gasteiger partial charge < -0.3 is 15.4 Å². The summed E-state index contributed by atoms with van der Waals surface area (Å²) in [5.74, 6) is -0.666. The zero-order chi connectivity index (χ0) is 15.9. The summed E-state index contributed by atoms with van der Waals surface area (Å²) >= 11 is 5.93. The van der Waals surface area contributed by atoms with Crippen molar-refractivity contribution in [2.24, 2.45) is 0 Å². The number of carbonyl (C=O) groups excluding carboxylic acids is 2. The largest absolute Gasteiger partial charge is 0.478 e. The molecular weight excluding hydrogens is 310 g/mol. The quantitative estimate of drug-likeness (QED) is 0.740. The molecule has 0 atom stereocenters. The topological polar surface area (TPSA) is 109 Å². The van der Waals surface area contributed by atoms with Crippen LogP contribution in [0.1, 0.15) is 17.4 Å². The highest BCUT2D eigenvalue weighted by Gasteiger charge is 2.15. The van der Waals surface area contributed by atoms with Crippen molar-refractivity contribution in [1.82, 2.24) is 20.5 Å². The molecule has 8 nitrogen and oxygen atoms in total. The van der Waals surface area contributed by atoms with E-state index in [1.54, 1.807) is 13.0 Å². The third kappa shape index (κ3) is 4.19. The number of amides is 2. The summed E-state index contributed by atoms with van der Waals surface area (Å²) in [5.41, 5.74) is 0.512. The minimum absolute atomic E-state index is 0.00345. The SMILES string of the molecule is CCOc1ccc(Cl)c(C(=O)NCC(=O)Nc2cn[nH]c2)n1. The lowest BCUT2D eigenvalue weighted by Gasteiger charge is -2.08. The highest BCUT2D eigenvalue weighted by molar-refractivity contribution is 6.33. The Morgan fingerprint density at radius 3 is 2.91 bits per heavy atom. The van der Waals surface area contributed by atoms with Crippen molar-refractivity contribution < 1.29 is 14.3 Å². The second kappa shape index (κ2) is 7.41. The highest BCUT2D eigenvalue weighted by Crippen LogP contribution is 2.17. The van der Waals surface area contributed by atoms with E-state index < -0.39 is 11.8 Å². The lowest BCUT2D eigenvalue weighted by molar-refractivity contribution is -0.115. The van der Waals surface area contributed by atoms with Crippen LogP contribution in [0.15, 0.2) is 24.5 Å². The second-order valence-electron chi connectivity index (χ2n) is 4.13. The van der Waals surface area contributed by atoms with Crippen molar-refractivity contribution in [1.29, 1.82) is 0 Å². The highest BCUT2D eigenvalue weighted by atomic mass is 35.5. The Labute approximate surface area is 131 Å². The maximum Gasteiger partial charge on any atom is 0.272 e. The van der Waals surface area contributed by atoms with Crippen molar-refractivity contribution in [2.45, 2.75) is 6.92 Å². The lowest BCUT2D eigenvalue weighted by Crippen LogP contribution is -2.33. The van der Waals surface area contributed by atoms with Gasteiger partial charge in [-0.05, 0) is 13.0 Å². The average molecular weight is 324 g/mol. The molecule has 2 aromatic rings. The molecule has 0 radical (unpaired) electrons. The molecule has 2 amide bonds. The number of rotatable bonds is 6. The van der Waals surface area contributed by atoms with Gasteiger partial charge in [0.1, 0.15) is 0 Å². The van der Waals surface area contributed by atoms with E-state index in [9.17, 15) is 9.59 Å². The number of pyridine rings is 1. The first-order chi connectivity index (χ1) is 10.6. The number of hydrogen-bond donors (Lipinski definition) is 3. The van der Waals surface area contributed by atoms with Crippen LogP contribution < -0.4 is 15.4 Å². The van der Waals surface area contributed by atoms with E-state index in [4.69, 9.17) is 16.3 Å². The van der Waals surface area contributed by atoms with Crippen LogP contribution in [0, 0.1) is 0 Å². The second-order valence-corrected chi connectivity index (χ2v) is 4.54. The first-order valence-corrected chi connectivity index (χ1v) is 6.84. The van der Waals surface area contributed by atoms with E-state index in [0.29, 0.717) is 18.2 Å². The fourth-order valence-electron chi connectivity index (χ4n) is 1.58. The maximum atomic E-state index is 12.0. The summed E-state index contributed by atoms with van der Waals surface area (Å²) in [5, 5.41) is 11.4. The fourth-order valence-corrected chi connectivity index (χ4v) is 1.77. The summed E-state index contributed by atoms with van der Waals surface area (Å²) in [4.78, 5) is 27.7. The van der Waals surface area contributed by atoms with Gasteiger partial charge >= 0.3 is 0 Å². The molecule has 0 saturated carbocycles. The van der Waals surface area contributed by atoms with Crippen LogP contribution >= 0.6 is 11.6 Å². The Bertz CT molecular complexity index is 660. The van der Waals surface area contributed by atoms with Gasteiger partial charge in [-0.15, -0.1) is 0 Å². The molecule has 0 spiro atoms. The first kappa shape index (κ1) is 15.8. The van der Waals surface area contributed by atoms with E-state index >= 15 is 0 Å². The van der Waals surface area contributed by atoms with Crippen LogP contribution in [0.4, 0.5) is 5.69 Å². The lowest BCUT2D eigenvalue weighted by atomic mass is 10.3. The Kier molecular flexibility index (Phi) is 5.31. The van der Waals surface area contributed by atoms with E-state index in [1.165, 1.54) is 18.5 Å². The predicted octanol–water partition coefficient (Wildman–Crippen LogP) is 1.23. The van der Waals surface area contributed by atoms with Crippen molar-refractivity contribution in [3.8, 4) is 5.88 Å². The summed E-state index contributed by atoms with van der Waals surface area (Å²) in [6.45, 7) is 2.00. The Morgan fingerprint density at radius 2 is 2.23 bits per heavy atom. The van der Waals surface area contributed by atoms with Gasteiger partial charge in [0.25, 0.3) is 5.91 Å². The number of carbonyl (C=O) groups is 2. The number of H-pyrrole nitrogens is 1. The molecule has 116 valence electrons. The number of aromatic nitrogens is 3. The molecule has 2 heterocycles. The number of nitrogens with zero attached hydrogens (tertiary/aromatic N) is 2. The predicted molar refractivity (Wildman–Crippen MR) is 80.0 cm³/mol. The maximum absolute atomic E-state index is 12.0. The van der Waals surface area contributed by atoms with E-state index in [1.807, 2.05) is 0 Å². The molecule has 22 heavy (non-hydrogen) atoms. The van der Waals surface area contributed by atoms with Crippen molar-refractivity contribution in [3.63, 3.8) is 0 Å². The van der Waals surface area contributed by atoms with Crippen LogP contribution in [0.25, 0.3) is 0 Å². The van der Waals surface area contributed by atoms with Crippen molar-refractivity contribution in [3.05, 3.63) is 35.2 Å². The zero-order valence-corrected chi connectivity index (χ0v) is 12.5. The Hall–Kier alpha value is -2.61. The monoisotopic (exact) mass is 323 g/mol. The number of halogens is 1. The van der Waals surface area contributed by atoms with Gasteiger partial charge in [0.15, 0.2) is 5.69 Å². The van der Waals surface area contributed by atoms with Gasteiger partial charge in [-0.25, -0.2) is 4.98 Å². The van der Waals surface area contributed by atoms with Crippen molar-refractivity contribution in [2.75, 3.05) is 18.5 Å². The summed E-state index contributed by atoms with van der Waals surface area (Å²) in [6, 6.07) is 3.08. The molecule has 0 aliphatic rings. The molecule has 0 saturated heterocycles. The van der Waals surface area contributed by atoms with Gasteiger partial charge in [0.2, 0.25) is 11.8 Å². The van der Waals surface area contributed by atoms with Gasteiger partial charge in [-0.3, -0.25) is 14.7 Å². The van der Waals surface area contributed by atoms with E-state index in [-0.39, 0.29) is 17.3 Å². The molecule has 2 rings (SSSR count). The van der Waals surface area contributed by atoms with E-state index in [0.717, 1.165) is 0 Å². The molecule has 0 aliphatic heterocycles. The molecule has 9 heteroatoms. The average Bonchev–Trinajstić information content (AvgIpc) is 3.00. The van der Waals surface area contributed by atoms with Crippen LogP contribution in [-0.4, -0.2) is 40.1 Å². The standard InChI is InChI=1S/C13H14ClN5O3/c1-2-22-11-4-3-9(14)12(19-11)13(21)15-7-10(20)18-8-5-16-17-6-8/h3-6H,2,7H2,1H3,(H,15,21)(H,16,17)(H,18,20). The minimum atomic E-state index is -0.561. The Morgan fingerprint density at radius 1 is 1.41 bits per heavy atom. The first-order valence-electron chi connectivity index (χ1n) is 6.46. The smallest absolute Gasteiger partial charge is 0.272 e. The molecule has 0 unspecified atom stereocenters. The van der Waals surface area contributed by atoms with Crippen LogP contribution in [0.3, 0.4) is 0 Å². The normalized spacial score (nSPS) is 10.1. The number of ether oxygens (including phenoxy) is 1. The molecule has 0 bridgehead atoms. The third-order valence-electron chi connectivity index (χ3n) is 2.52. The number of nitrogens with one attached hydrogen (secondary N) is 3. The number of anilines is 1. The molecule has 0 aromatic carbocycles. The van der Waals surface area contributed by atoms with Gasteiger partial charge in [0, 0.05) is 12.3 Å². The summed E-state index contributed by atoms with van der Waals surface area (Å²) in [6.07, 6.45) is 2.97. The number of hydrogen-bond acceptors (Lipinski definition) is 5. The molecule has 2 aromatic heterocycles. The minimum Gasteiger partial charge on any atom is -0.478 e. The molecule has 3 N–H and O–H groups in total. The molecular formula is C13H14ClN5O3. The van der Waals surface area contributed by atoms with Crippen LogP contribution in [0.5, 0.6) is 5.88 Å². The number of aromatic amines is 1. The Balaban J connectivity index is 1.94. The van der Waals surface area contributed by atoms with Crippen LogP contribution in [0.2, 0.25) is 5.02 Å². The van der Waals surface area contributed by atoms with Gasteiger partial charge in [0.05, 0.1) is 30.1 Å². The zero-order valence-electron chi connectivity index (χ0n) is 11.7.